The number of methoxy groups -OCH3 is 1. The highest BCUT2D eigenvalue weighted by Gasteiger charge is 2.28. The monoisotopic (exact) mass is 571 g/mol. The van der Waals surface area contributed by atoms with Crippen molar-refractivity contribution in [3.8, 4) is 22.7 Å². The summed E-state index contributed by atoms with van der Waals surface area (Å²) in [7, 11) is 1.65. The smallest absolute Gasteiger partial charge is 0.255 e. The summed E-state index contributed by atoms with van der Waals surface area (Å²) >= 11 is 3.44. The van der Waals surface area contributed by atoms with Crippen molar-refractivity contribution in [1.82, 2.24) is 14.4 Å². The maximum Gasteiger partial charge on any atom is 0.255 e. The van der Waals surface area contributed by atoms with E-state index in [9.17, 15) is 9.59 Å². The number of nitrogens with zero attached hydrogens (tertiary/aromatic N) is 3. The Balaban J connectivity index is 1.42. The zero-order valence-corrected chi connectivity index (χ0v) is 23.4. The minimum absolute atomic E-state index is 0.0121. The maximum absolute atomic E-state index is 13.8. The van der Waals surface area contributed by atoms with E-state index >= 15 is 0 Å². The molecule has 0 saturated carbocycles. The summed E-state index contributed by atoms with van der Waals surface area (Å²) in [5.41, 5.74) is 6.33. The van der Waals surface area contributed by atoms with E-state index in [1.54, 1.807) is 7.11 Å². The fraction of sp³-hybridized carbons (Fsp3) is 0.226. The second-order valence-corrected chi connectivity index (χ2v) is 10.4. The van der Waals surface area contributed by atoms with E-state index in [4.69, 9.17) is 4.74 Å². The number of ether oxygens (including phenoxy) is 1. The normalized spacial score (nSPS) is 13.5. The van der Waals surface area contributed by atoms with Crippen LogP contribution in [-0.4, -0.2) is 59.5 Å². The van der Waals surface area contributed by atoms with Crippen molar-refractivity contribution in [2.45, 2.75) is 13.8 Å². The molecule has 0 radical (unpaired) electrons. The number of carbonyl (C=O) groups excluding carboxylic acids is 2. The summed E-state index contributed by atoms with van der Waals surface area (Å²) in [5, 5.41) is 0. The van der Waals surface area contributed by atoms with E-state index in [0.717, 1.165) is 32.9 Å². The third-order valence-corrected chi connectivity index (χ3v) is 7.57. The molecular formula is C31H30BrN3O3. The lowest BCUT2D eigenvalue weighted by molar-refractivity contribution is 0.0535. The van der Waals surface area contributed by atoms with Crippen LogP contribution in [0.2, 0.25) is 0 Å². The molecule has 1 aliphatic heterocycles. The topological polar surface area (TPSA) is 54.8 Å². The van der Waals surface area contributed by atoms with Gasteiger partial charge in [0.05, 0.1) is 18.4 Å². The molecule has 1 aliphatic rings. The molecule has 38 heavy (non-hydrogen) atoms. The minimum atomic E-state index is -0.0160. The van der Waals surface area contributed by atoms with Crippen molar-refractivity contribution in [3.63, 3.8) is 0 Å². The molecule has 194 valence electrons. The Morgan fingerprint density at radius 1 is 0.789 bits per heavy atom. The van der Waals surface area contributed by atoms with Crippen LogP contribution in [0.15, 0.2) is 83.3 Å². The largest absolute Gasteiger partial charge is 0.497 e. The molecule has 1 fully saturated rings. The molecule has 4 aromatic rings. The molecule has 1 aromatic heterocycles. The van der Waals surface area contributed by atoms with Gasteiger partial charge in [0, 0.05) is 47.6 Å². The summed E-state index contributed by atoms with van der Waals surface area (Å²) < 4.78 is 8.36. The Morgan fingerprint density at radius 2 is 1.42 bits per heavy atom. The predicted octanol–water partition coefficient (Wildman–Crippen LogP) is 6.13. The van der Waals surface area contributed by atoms with Crippen LogP contribution in [0.4, 0.5) is 0 Å². The summed E-state index contributed by atoms with van der Waals surface area (Å²) in [4.78, 5) is 30.4. The number of aromatic nitrogens is 1. The Hall–Kier alpha value is -3.84. The lowest BCUT2D eigenvalue weighted by atomic mass is 10.1. The number of hydrogen-bond donors (Lipinski definition) is 0. The predicted molar refractivity (Wildman–Crippen MR) is 153 cm³/mol. The zero-order chi connectivity index (χ0) is 26.8. The SMILES string of the molecule is COc1ccc(-c2cc(C(=O)N3CCN(C(=O)c4cccc(Br)c4)CC3)c(C)n2-c2ccc(C)cc2)cc1. The van der Waals surface area contributed by atoms with Crippen molar-refractivity contribution >= 4 is 27.7 Å². The van der Waals surface area contributed by atoms with Crippen molar-refractivity contribution in [1.29, 1.82) is 0 Å². The summed E-state index contributed by atoms with van der Waals surface area (Å²) in [6.07, 6.45) is 0. The van der Waals surface area contributed by atoms with Gasteiger partial charge >= 0.3 is 0 Å². The Labute approximate surface area is 231 Å². The molecule has 0 atom stereocenters. The number of piperazine rings is 1. The average molecular weight is 573 g/mol. The molecule has 0 bridgehead atoms. The number of carbonyl (C=O) groups is 2. The molecule has 3 aromatic carbocycles. The molecule has 0 unspecified atom stereocenters. The zero-order valence-electron chi connectivity index (χ0n) is 21.8. The number of halogens is 1. The first kappa shape index (κ1) is 25.8. The maximum atomic E-state index is 13.8. The van der Waals surface area contributed by atoms with E-state index in [0.29, 0.717) is 37.3 Å². The molecule has 1 saturated heterocycles. The van der Waals surface area contributed by atoms with Gasteiger partial charge in [-0.05, 0) is 80.1 Å². The number of benzene rings is 3. The summed E-state index contributed by atoms with van der Waals surface area (Å²) in [5.74, 6) is 0.755. The van der Waals surface area contributed by atoms with Gasteiger partial charge in [-0.25, -0.2) is 0 Å². The molecule has 0 N–H and O–H groups in total. The molecule has 5 rings (SSSR count). The number of hydrogen-bond acceptors (Lipinski definition) is 3. The van der Waals surface area contributed by atoms with Crippen LogP contribution < -0.4 is 4.74 Å². The molecule has 2 heterocycles. The quantitative estimate of drug-likeness (QED) is 0.289. The van der Waals surface area contributed by atoms with E-state index in [1.165, 1.54) is 5.56 Å². The van der Waals surface area contributed by atoms with Gasteiger partial charge < -0.3 is 19.1 Å². The third kappa shape index (κ3) is 5.11. The van der Waals surface area contributed by atoms with Crippen molar-refractivity contribution < 1.29 is 14.3 Å². The van der Waals surface area contributed by atoms with Gasteiger partial charge in [-0.2, -0.15) is 0 Å². The highest BCUT2D eigenvalue weighted by Crippen LogP contribution is 2.32. The first-order chi connectivity index (χ1) is 18.4. The van der Waals surface area contributed by atoms with Gasteiger partial charge in [0.15, 0.2) is 0 Å². The number of amides is 2. The third-order valence-electron chi connectivity index (χ3n) is 7.08. The van der Waals surface area contributed by atoms with Crippen LogP contribution in [-0.2, 0) is 0 Å². The van der Waals surface area contributed by atoms with Gasteiger partial charge in [-0.15, -0.1) is 0 Å². The first-order valence-electron chi connectivity index (χ1n) is 12.6. The van der Waals surface area contributed by atoms with Crippen LogP contribution in [0, 0.1) is 13.8 Å². The van der Waals surface area contributed by atoms with Crippen molar-refractivity contribution in [2.75, 3.05) is 33.3 Å². The van der Waals surface area contributed by atoms with Crippen LogP contribution in [0.25, 0.3) is 16.9 Å². The highest BCUT2D eigenvalue weighted by atomic mass is 79.9. The molecular weight excluding hydrogens is 542 g/mol. The Kier molecular flexibility index (Phi) is 7.38. The second kappa shape index (κ2) is 10.9. The Bertz CT molecular complexity index is 1470. The first-order valence-corrected chi connectivity index (χ1v) is 13.4. The number of aryl methyl sites for hydroxylation is 1. The molecule has 7 heteroatoms. The lowest BCUT2D eigenvalue weighted by Gasteiger charge is -2.35. The molecule has 2 amide bonds. The average Bonchev–Trinajstić information content (AvgIpc) is 3.29. The molecule has 6 nitrogen and oxygen atoms in total. The highest BCUT2D eigenvalue weighted by molar-refractivity contribution is 9.10. The van der Waals surface area contributed by atoms with Crippen molar-refractivity contribution in [3.05, 3.63) is 106 Å². The van der Waals surface area contributed by atoms with Crippen molar-refractivity contribution in [2.24, 2.45) is 0 Å². The second-order valence-electron chi connectivity index (χ2n) is 9.52. The fourth-order valence-electron chi connectivity index (χ4n) is 4.91. The van der Waals surface area contributed by atoms with Crippen LogP contribution in [0.5, 0.6) is 5.75 Å². The minimum Gasteiger partial charge on any atom is -0.497 e. The van der Waals surface area contributed by atoms with E-state index in [-0.39, 0.29) is 11.8 Å². The van der Waals surface area contributed by atoms with Gasteiger partial charge in [0.25, 0.3) is 11.8 Å². The van der Waals surface area contributed by atoms with Gasteiger partial charge in [0.1, 0.15) is 5.75 Å². The van der Waals surface area contributed by atoms with E-state index < -0.39 is 0 Å². The summed E-state index contributed by atoms with van der Waals surface area (Å²) in [6, 6.07) is 25.6. The van der Waals surface area contributed by atoms with E-state index in [1.807, 2.05) is 71.3 Å². The standard InChI is InChI=1S/C31H30BrN3O3/c1-21-7-11-26(12-8-21)35-22(2)28(20-29(35)23-9-13-27(38-3)14-10-23)31(37)34-17-15-33(16-18-34)30(36)24-5-4-6-25(32)19-24/h4-14,19-20H,15-18H2,1-3H3. The van der Waals surface area contributed by atoms with Gasteiger partial charge in [-0.3, -0.25) is 9.59 Å². The number of rotatable bonds is 5. The lowest BCUT2D eigenvalue weighted by Crippen LogP contribution is -2.50. The van der Waals surface area contributed by atoms with Crippen LogP contribution in [0.3, 0.4) is 0 Å². The molecule has 0 spiro atoms. The summed E-state index contributed by atoms with van der Waals surface area (Å²) in [6.45, 7) is 6.04. The van der Waals surface area contributed by atoms with Gasteiger partial charge in [-0.1, -0.05) is 39.7 Å². The van der Waals surface area contributed by atoms with Crippen LogP contribution >= 0.6 is 15.9 Å². The van der Waals surface area contributed by atoms with E-state index in [2.05, 4.69) is 51.7 Å². The van der Waals surface area contributed by atoms with Crippen LogP contribution in [0.1, 0.15) is 32.0 Å². The van der Waals surface area contributed by atoms with Gasteiger partial charge in [0.2, 0.25) is 0 Å². The molecule has 0 aliphatic carbocycles. The fourth-order valence-corrected chi connectivity index (χ4v) is 5.31. The Morgan fingerprint density at radius 3 is 2.03 bits per heavy atom.